The van der Waals surface area contributed by atoms with E-state index in [0.717, 1.165) is 19.3 Å². The van der Waals surface area contributed by atoms with Crippen molar-refractivity contribution in [3.8, 4) is 5.75 Å². The van der Waals surface area contributed by atoms with Crippen LogP contribution in [-0.4, -0.2) is 46.1 Å². The Balaban J connectivity index is 2.08. The number of nitrogens with zero attached hydrogens (tertiary/aromatic N) is 2. The molecule has 2 amide bonds. The molecule has 4 N–H and O–H groups in total. The zero-order chi connectivity index (χ0) is 23.0. The second kappa shape index (κ2) is 10.8. The van der Waals surface area contributed by atoms with E-state index in [1.54, 1.807) is 56.2 Å². The number of nitrogens with one attached hydrogen (secondary N) is 1. The summed E-state index contributed by atoms with van der Waals surface area (Å²) in [6, 6.07) is 1.96. The number of amides is 2. The molecule has 0 aromatic carbocycles. The molecule has 1 aliphatic carbocycles. The van der Waals surface area contributed by atoms with E-state index in [4.69, 9.17) is 10.5 Å². The van der Waals surface area contributed by atoms with E-state index < -0.39 is 5.60 Å². The van der Waals surface area contributed by atoms with Gasteiger partial charge in [-0.2, -0.15) is 0 Å². The quantitative estimate of drug-likeness (QED) is 0.283. The van der Waals surface area contributed by atoms with Gasteiger partial charge in [-0.15, -0.1) is 0 Å². The van der Waals surface area contributed by atoms with Crippen LogP contribution in [0.25, 0.3) is 6.08 Å². The predicted octanol–water partition coefficient (Wildman–Crippen LogP) is 2.96. The molecule has 1 aromatic heterocycles. The summed E-state index contributed by atoms with van der Waals surface area (Å²) in [5.41, 5.74) is 7.33. The standard InChI is InChI=1S/C23H32N4O4/c1-16(6-5-11-27(15-28)19-7-8-19)22(29)26-20-13-18(25-14-21(20)31-4)12-17(24)9-10-23(2,3)30/h5-6,11-15,19,30H,7-10,24H2,1-4H3,(H,25,26,29)/b11-5-,16-6+,17-12?. The molecule has 0 atom stereocenters. The number of carbonyl (C=O) groups excluding carboxylic acids is 2. The normalized spacial score (nSPS) is 15.1. The average Bonchev–Trinajstić information content (AvgIpc) is 3.54. The lowest BCUT2D eigenvalue weighted by atomic mass is 10.0. The third-order valence-corrected chi connectivity index (χ3v) is 4.77. The van der Waals surface area contributed by atoms with Gasteiger partial charge in [0.25, 0.3) is 5.91 Å². The first-order valence-electron chi connectivity index (χ1n) is 10.2. The number of aromatic nitrogens is 1. The molecule has 1 aromatic rings. The van der Waals surface area contributed by atoms with Gasteiger partial charge in [0, 0.05) is 23.5 Å². The minimum atomic E-state index is -0.801. The Hall–Kier alpha value is -3.13. The molecule has 0 radical (unpaired) electrons. The fraction of sp³-hybridized carbons (Fsp3) is 0.435. The molecule has 31 heavy (non-hydrogen) atoms. The Kier molecular flexibility index (Phi) is 8.38. The number of hydrogen-bond donors (Lipinski definition) is 3. The minimum absolute atomic E-state index is 0.278. The van der Waals surface area contributed by atoms with E-state index >= 15 is 0 Å². The largest absolute Gasteiger partial charge is 0.493 e. The topological polar surface area (TPSA) is 118 Å². The van der Waals surface area contributed by atoms with E-state index in [1.807, 2.05) is 0 Å². The smallest absolute Gasteiger partial charge is 0.251 e. The van der Waals surface area contributed by atoms with Gasteiger partial charge in [-0.3, -0.25) is 14.6 Å². The second-order valence-electron chi connectivity index (χ2n) is 8.27. The summed E-state index contributed by atoms with van der Waals surface area (Å²) < 4.78 is 5.30. The molecular weight excluding hydrogens is 396 g/mol. The van der Waals surface area contributed by atoms with Gasteiger partial charge >= 0.3 is 0 Å². The van der Waals surface area contributed by atoms with Gasteiger partial charge < -0.3 is 25.8 Å². The summed E-state index contributed by atoms with van der Waals surface area (Å²) in [5.74, 6) is 0.118. The fourth-order valence-electron chi connectivity index (χ4n) is 2.71. The van der Waals surface area contributed by atoms with Crippen LogP contribution in [0.2, 0.25) is 0 Å². The number of anilines is 1. The SMILES string of the molecule is COc1cnc(C=C(N)CCC(C)(C)O)cc1NC(=O)/C(C)=C/C=C\N(C=O)C1CC1. The van der Waals surface area contributed by atoms with Gasteiger partial charge in [-0.1, -0.05) is 6.08 Å². The maximum atomic E-state index is 12.6. The first kappa shape index (κ1) is 24.1. The zero-order valence-electron chi connectivity index (χ0n) is 18.6. The molecule has 1 saturated carbocycles. The molecule has 0 bridgehead atoms. The maximum Gasteiger partial charge on any atom is 0.251 e. The molecule has 168 valence electrons. The van der Waals surface area contributed by atoms with Crippen LogP contribution in [-0.2, 0) is 9.59 Å². The molecule has 1 heterocycles. The summed E-state index contributed by atoms with van der Waals surface area (Å²) in [7, 11) is 1.50. The van der Waals surface area contributed by atoms with Crippen LogP contribution in [0.5, 0.6) is 5.75 Å². The van der Waals surface area contributed by atoms with Crippen molar-refractivity contribution >= 4 is 24.1 Å². The number of methoxy groups -OCH3 is 1. The number of ether oxygens (including phenoxy) is 1. The van der Waals surface area contributed by atoms with Crippen molar-refractivity contribution in [3.63, 3.8) is 0 Å². The number of aliphatic hydroxyl groups is 1. The van der Waals surface area contributed by atoms with Gasteiger partial charge in [0.1, 0.15) is 0 Å². The Morgan fingerprint density at radius 2 is 2.16 bits per heavy atom. The summed E-state index contributed by atoms with van der Waals surface area (Å²) in [4.78, 5) is 29.5. The van der Waals surface area contributed by atoms with Crippen LogP contribution in [0.1, 0.15) is 52.1 Å². The lowest BCUT2D eigenvalue weighted by Crippen LogP contribution is -2.19. The summed E-state index contributed by atoms with van der Waals surface area (Å²) >= 11 is 0. The Labute approximate surface area is 183 Å². The van der Waals surface area contributed by atoms with Crippen LogP contribution in [0.15, 0.2) is 41.9 Å². The zero-order valence-corrected chi connectivity index (χ0v) is 18.6. The van der Waals surface area contributed by atoms with Crippen molar-refractivity contribution in [1.29, 1.82) is 0 Å². The number of carbonyl (C=O) groups is 2. The molecule has 8 heteroatoms. The Bertz CT molecular complexity index is 880. The first-order chi connectivity index (χ1) is 14.6. The van der Waals surface area contributed by atoms with Crippen molar-refractivity contribution in [2.75, 3.05) is 12.4 Å². The number of allylic oxidation sites excluding steroid dienone is 3. The number of pyridine rings is 1. The second-order valence-corrected chi connectivity index (χ2v) is 8.27. The molecule has 1 aliphatic rings. The third-order valence-electron chi connectivity index (χ3n) is 4.77. The van der Waals surface area contributed by atoms with Crippen molar-refractivity contribution < 1.29 is 19.4 Å². The van der Waals surface area contributed by atoms with E-state index in [1.165, 1.54) is 13.3 Å². The van der Waals surface area contributed by atoms with Gasteiger partial charge in [0.15, 0.2) is 5.75 Å². The highest BCUT2D eigenvalue weighted by molar-refractivity contribution is 6.04. The van der Waals surface area contributed by atoms with Gasteiger partial charge in [0.05, 0.1) is 30.3 Å². The highest BCUT2D eigenvalue weighted by Gasteiger charge is 2.26. The van der Waals surface area contributed by atoms with Crippen LogP contribution >= 0.6 is 0 Å². The Morgan fingerprint density at radius 3 is 2.74 bits per heavy atom. The highest BCUT2D eigenvalue weighted by Crippen LogP contribution is 2.26. The minimum Gasteiger partial charge on any atom is -0.493 e. The van der Waals surface area contributed by atoms with Gasteiger partial charge in [-0.25, -0.2) is 0 Å². The van der Waals surface area contributed by atoms with Crippen LogP contribution in [0.3, 0.4) is 0 Å². The molecule has 1 fully saturated rings. The first-order valence-corrected chi connectivity index (χ1v) is 10.2. The third kappa shape index (κ3) is 8.25. The molecule has 8 nitrogen and oxygen atoms in total. The van der Waals surface area contributed by atoms with Crippen molar-refractivity contribution in [1.82, 2.24) is 9.88 Å². The summed E-state index contributed by atoms with van der Waals surface area (Å²) in [6.45, 7) is 5.14. The van der Waals surface area contributed by atoms with Gasteiger partial charge in [0.2, 0.25) is 6.41 Å². The van der Waals surface area contributed by atoms with Crippen molar-refractivity contribution in [3.05, 3.63) is 47.6 Å². The molecule has 0 spiro atoms. The van der Waals surface area contributed by atoms with Crippen LogP contribution in [0, 0.1) is 0 Å². The van der Waals surface area contributed by atoms with Crippen molar-refractivity contribution in [2.45, 2.75) is 58.1 Å². The molecular formula is C23H32N4O4. The molecule has 0 unspecified atom stereocenters. The predicted molar refractivity (Wildman–Crippen MR) is 121 cm³/mol. The molecule has 2 rings (SSSR count). The fourth-order valence-corrected chi connectivity index (χ4v) is 2.71. The lowest BCUT2D eigenvalue weighted by Gasteiger charge is -2.16. The monoisotopic (exact) mass is 428 g/mol. The van der Waals surface area contributed by atoms with E-state index in [2.05, 4.69) is 10.3 Å². The summed E-state index contributed by atoms with van der Waals surface area (Å²) in [5, 5.41) is 12.7. The van der Waals surface area contributed by atoms with Gasteiger partial charge in [-0.05, 0) is 64.7 Å². The van der Waals surface area contributed by atoms with E-state index in [9.17, 15) is 14.7 Å². The van der Waals surface area contributed by atoms with E-state index in [-0.39, 0.29) is 11.9 Å². The highest BCUT2D eigenvalue weighted by atomic mass is 16.5. The molecule has 0 saturated heterocycles. The average molecular weight is 429 g/mol. The Morgan fingerprint density at radius 1 is 1.45 bits per heavy atom. The summed E-state index contributed by atoms with van der Waals surface area (Å²) in [6.07, 6.45) is 12.1. The number of rotatable bonds is 11. The van der Waals surface area contributed by atoms with E-state index in [0.29, 0.717) is 41.2 Å². The van der Waals surface area contributed by atoms with Crippen LogP contribution in [0.4, 0.5) is 5.69 Å². The maximum absolute atomic E-state index is 12.6. The lowest BCUT2D eigenvalue weighted by molar-refractivity contribution is -0.116. The number of hydrogen-bond acceptors (Lipinski definition) is 6. The molecule has 0 aliphatic heterocycles. The van der Waals surface area contributed by atoms with Crippen molar-refractivity contribution in [2.24, 2.45) is 5.73 Å². The van der Waals surface area contributed by atoms with Crippen LogP contribution < -0.4 is 15.8 Å². The number of nitrogens with two attached hydrogens (primary N) is 1.